The van der Waals surface area contributed by atoms with E-state index in [9.17, 15) is 4.39 Å². The number of benzene rings is 1. The van der Waals surface area contributed by atoms with Gasteiger partial charge in [0.25, 0.3) is 0 Å². The van der Waals surface area contributed by atoms with Crippen molar-refractivity contribution in [2.75, 3.05) is 5.33 Å². The predicted molar refractivity (Wildman–Crippen MR) is 53.3 cm³/mol. The molecule has 0 unspecified atom stereocenters. The van der Waals surface area contributed by atoms with Gasteiger partial charge in [0, 0.05) is 5.33 Å². The SMILES string of the molecule is Cc1c(F)cccc1CCCBr. The third kappa shape index (κ3) is 2.31. The minimum atomic E-state index is -0.0953. The second kappa shape index (κ2) is 4.61. The fourth-order valence-electron chi connectivity index (χ4n) is 1.18. The first-order chi connectivity index (χ1) is 5.75. The molecule has 0 aliphatic carbocycles. The Balaban J connectivity index is 2.78. The number of rotatable bonds is 3. The Hall–Kier alpha value is -0.370. The average Bonchev–Trinajstić information content (AvgIpc) is 2.08. The highest BCUT2D eigenvalue weighted by Crippen LogP contribution is 2.13. The molecule has 0 aliphatic heterocycles. The van der Waals surface area contributed by atoms with Crippen molar-refractivity contribution in [1.82, 2.24) is 0 Å². The van der Waals surface area contributed by atoms with Crippen LogP contribution >= 0.6 is 15.9 Å². The lowest BCUT2D eigenvalue weighted by atomic mass is 10.0. The van der Waals surface area contributed by atoms with E-state index in [4.69, 9.17) is 0 Å². The van der Waals surface area contributed by atoms with E-state index in [1.165, 1.54) is 6.07 Å². The van der Waals surface area contributed by atoms with Gasteiger partial charge < -0.3 is 0 Å². The Kier molecular flexibility index (Phi) is 3.73. The molecule has 0 N–H and O–H groups in total. The van der Waals surface area contributed by atoms with Gasteiger partial charge in [-0.05, 0) is 37.0 Å². The van der Waals surface area contributed by atoms with Crippen LogP contribution in [0.3, 0.4) is 0 Å². The lowest BCUT2D eigenvalue weighted by Gasteiger charge is -2.04. The standard InChI is InChI=1S/C10H12BrF/c1-8-9(5-3-7-11)4-2-6-10(8)12/h2,4,6H,3,5,7H2,1H3. The van der Waals surface area contributed by atoms with E-state index in [1.54, 1.807) is 6.07 Å². The van der Waals surface area contributed by atoms with Crippen molar-refractivity contribution in [1.29, 1.82) is 0 Å². The lowest BCUT2D eigenvalue weighted by Crippen LogP contribution is -1.93. The Bertz CT molecular complexity index is 258. The summed E-state index contributed by atoms with van der Waals surface area (Å²) in [6.07, 6.45) is 2.01. The van der Waals surface area contributed by atoms with Crippen LogP contribution in [0.15, 0.2) is 18.2 Å². The fourth-order valence-corrected chi connectivity index (χ4v) is 1.46. The molecule has 1 aromatic rings. The van der Waals surface area contributed by atoms with Crippen LogP contribution in [0.25, 0.3) is 0 Å². The van der Waals surface area contributed by atoms with Gasteiger partial charge >= 0.3 is 0 Å². The smallest absolute Gasteiger partial charge is 0.126 e. The molecule has 66 valence electrons. The maximum Gasteiger partial charge on any atom is 0.126 e. The number of hydrogen-bond donors (Lipinski definition) is 0. The zero-order valence-corrected chi connectivity index (χ0v) is 8.70. The fraction of sp³-hybridized carbons (Fsp3) is 0.400. The second-order valence-corrected chi connectivity index (χ2v) is 3.61. The Labute approximate surface area is 80.9 Å². The molecular formula is C10H12BrF. The van der Waals surface area contributed by atoms with Crippen LogP contribution in [0.1, 0.15) is 17.5 Å². The molecule has 2 heteroatoms. The third-order valence-corrected chi connectivity index (χ3v) is 2.52. The van der Waals surface area contributed by atoms with Crippen LogP contribution in [-0.4, -0.2) is 5.33 Å². The minimum absolute atomic E-state index is 0.0953. The molecule has 0 spiro atoms. The molecule has 0 heterocycles. The van der Waals surface area contributed by atoms with Gasteiger partial charge in [-0.15, -0.1) is 0 Å². The van der Waals surface area contributed by atoms with Crippen LogP contribution in [0.2, 0.25) is 0 Å². The van der Waals surface area contributed by atoms with Gasteiger partial charge in [-0.3, -0.25) is 0 Å². The first-order valence-corrected chi connectivity index (χ1v) is 5.18. The molecule has 0 nitrogen and oxygen atoms in total. The highest BCUT2D eigenvalue weighted by Gasteiger charge is 2.01. The van der Waals surface area contributed by atoms with Crippen LogP contribution < -0.4 is 0 Å². The molecule has 0 saturated carbocycles. The number of halogens is 2. The summed E-state index contributed by atoms with van der Waals surface area (Å²) >= 11 is 3.36. The summed E-state index contributed by atoms with van der Waals surface area (Å²) in [5, 5.41) is 0.975. The van der Waals surface area contributed by atoms with E-state index in [0.717, 1.165) is 29.3 Å². The Morgan fingerprint density at radius 3 is 2.83 bits per heavy atom. The second-order valence-electron chi connectivity index (χ2n) is 2.82. The summed E-state index contributed by atoms with van der Waals surface area (Å²) in [6.45, 7) is 1.83. The molecule has 0 aromatic heterocycles. The average molecular weight is 231 g/mol. The van der Waals surface area contributed by atoms with Gasteiger partial charge in [0.15, 0.2) is 0 Å². The number of aryl methyl sites for hydroxylation is 1. The zero-order valence-electron chi connectivity index (χ0n) is 7.11. The maximum atomic E-state index is 13.0. The van der Waals surface area contributed by atoms with Crippen molar-refractivity contribution in [2.45, 2.75) is 19.8 Å². The van der Waals surface area contributed by atoms with Gasteiger partial charge in [0.2, 0.25) is 0 Å². The van der Waals surface area contributed by atoms with Crippen molar-refractivity contribution in [3.63, 3.8) is 0 Å². The van der Waals surface area contributed by atoms with Crippen molar-refractivity contribution < 1.29 is 4.39 Å². The van der Waals surface area contributed by atoms with Crippen LogP contribution in [0, 0.1) is 12.7 Å². The third-order valence-electron chi connectivity index (χ3n) is 1.96. The van der Waals surface area contributed by atoms with E-state index in [0.29, 0.717) is 0 Å². The van der Waals surface area contributed by atoms with Gasteiger partial charge in [0.1, 0.15) is 5.82 Å². The lowest BCUT2D eigenvalue weighted by molar-refractivity contribution is 0.615. The summed E-state index contributed by atoms with van der Waals surface area (Å²) in [6, 6.07) is 5.26. The Morgan fingerprint density at radius 2 is 2.17 bits per heavy atom. The minimum Gasteiger partial charge on any atom is -0.207 e. The largest absolute Gasteiger partial charge is 0.207 e. The van der Waals surface area contributed by atoms with E-state index < -0.39 is 0 Å². The maximum absolute atomic E-state index is 13.0. The normalized spacial score (nSPS) is 10.2. The molecule has 1 aromatic carbocycles. The predicted octanol–water partition coefficient (Wildman–Crippen LogP) is 3.46. The molecule has 0 bridgehead atoms. The molecule has 0 atom stereocenters. The van der Waals surface area contributed by atoms with E-state index >= 15 is 0 Å². The van der Waals surface area contributed by atoms with E-state index in [-0.39, 0.29) is 5.82 Å². The van der Waals surface area contributed by atoms with Crippen molar-refractivity contribution in [2.24, 2.45) is 0 Å². The monoisotopic (exact) mass is 230 g/mol. The topological polar surface area (TPSA) is 0 Å². The van der Waals surface area contributed by atoms with Crippen molar-refractivity contribution >= 4 is 15.9 Å². The van der Waals surface area contributed by atoms with Crippen molar-refractivity contribution in [3.05, 3.63) is 35.1 Å². The molecule has 0 fully saturated rings. The van der Waals surface area contributed by atoms with Gasteiger partial charge in [-0.1, -0.05) is 28.1 Å². The number of hydrogen-bond acceptors (Lipinski definition) is 0. The molecule has 12 heavy (non-hydrogen) atoms. The summed E-state index contributed by atoms with van der Waals surface area (Å²) in [5.74, 6) is -0.0953. The first-order valence-electron chi connectivity index (χ1n) is 4.05. The van der Waals surface area contributed by atoms with Gasteiger partial charge in [-0.25, -0.2) is 4.39 Å². The van der Waals surface area contributed by atoms with Crippen LogP contribution in [0.4, 0.5) is 4.39 Å². The highest BCUT2D eigenvalue weighted by atomic mass is 79.9. The number of alkyl halides is 1. The molecule has 0 aliphatic rings. The first kappa shape index (κ1) is 9.72. The Morgan fingerprint density at radius 1 is 1.42 bits per heavy atom. The summed E-state index contributed by atoms with van der Waals surface area (Å²) < 4.78 is 13.0. The summed E-state index contributed by atoms with van der Waals surface area (Å²) in [7, 11) is 0. The van der Waals surface area contributed by atoms with Crippen molar-refractivity contribution in [3.8, 4) is 0 Å². The van der Waals surface area contributed by atoms with Crippen LogP contribution in [0.5, 0.6) is 0 Å². The molecule has 0 radical (unpaired) electrons. The molecule has 1 rings (SSSR count). The molecule has 0 saturated heterocycles. The quantitative estimate of drug-likeness (QED) is 0.699. The van der Waals surface area contributed by atoms with Gasteiger partial charge in [-0.2, -0.15) is 0 Å². The summed E-state index contributed by atoms with van der Waals surface area (Å²) in [5.41, 5.74) is 1.91. The molecular weight excluding hydrogens is 219 g/mol. The summed E-state index contributed by atoms with van der Waals surface area (Å²) in [4.78, 5) is 0. The van der Waals surface area contributed by atoms with E-state index in [1.807, 2.05) is 13.0 Å². The molecule has 0 amide bonds. The van der Waals surface area contributed by atoms with E-state index in [2.05, 4.69) is 15.9 Å². The zero-order chi connectivity index (χ0) is 8.97. The van der Waals surface area contributed by atoms with Crippen LogP contribution in [-0.2, 0) is 6.42 Å². The van der Waals surface area contributed by atoms with Gasteiger partial charge in [0.05, 0.1) is 0 Å². The highest BCUT2D eigenvalue weighted by molar-refractivity contribution is 9.09.